The zero-order valence-electron chi connectivity index (χ0n) is 10.7. The number of nitrogens with two attached hydrogens (primary N) is 1. The summed E-state index contributed by atoms with van der Waals surface area (Å²) in [5.74, 6) is -0.452. The molecule has 0 aromatic carbocycles. The minimum atomic E-state index is -4.71. The number of hydrogen-bond donors (Lipinski definition) is 2. The van der Waals surface area contributed by atoms with Crippen molar-refractivity contribution in [1.29, 1.82) is 0 Å². The van der Waals surface area contributed by atoms with Gasteiger partial charge in [0.15, 0.2) is 5.60 Å². The quantitative estimate of drug-likeness (QED) is 0.758. The number of carbonyl (C=O) groups excluding carboxylic acids is 1. The smallest absolute Gasteiger partial charge is 0.379 e. The average molecular weight is 280 g/mol. The molecule has 1 heterocycles. The normalized spacial score (nSPS) is 31.5. The molecule has 4 nitrogen and oxygen atoms in total. The highest BCUT2D eigenvalue weighted by Gasteiger charge is 2.58. The molecule has 2 rings (SSSR count). The van der Waals surface area contributed by atoms with E-state index in [1.807, 2.05) is 0 Å². The van der Waals surface area contributed by atoms with E-state index in [2.05, 4.69) is 0 Å². The van der Waals surface area contributed by atoms with E-state index in [4.69, 9.17) is 5.73 Å². The van der Waals surface area contributed by atoms with Gasteiger partial charge in [0.1, 0.15) is 0 Å². The summed E-state index contributed by atoms with van der Waals surface area (Å²) >= 11 is 0. The predicted octanol–water partition coefficient (Wildman–Crippen LogP) is 1.17. The van der Waals surface area contributed by atoms with Crippen LogP contribution in [0.1, 0.15) is 38.5 Å². The van der Waals surface area contributed by atoms with Crippen LogP contribution >= 0.6 is 0 Å². The van der Waals surface area contributed by atoms with Crippen molar-refractivity contribution in [1.82, 2.24) is 4.90 Å². The molecule has 1 saturated carbocycles. The number of nitrogens with zero attached hydrogens (tertiary/aromatic N) is 1. The van der Waals surface area contributed by atoms with Gasteiger partial charge in [0, 0.05) is 13.0 Å². The average Bonchev–Trinajstić information content (AvgIpc) is 2.72. The molecular formula is C12H19F3N2O2. The fourth-order valence-corrected chi connectivity index (χ4v) is 2.91. The summed E-state index contributed by atoms with van der Waals surface area (Å²) in [7, 11) is 0. The molecule has 0 aromatic rings. The zero-order valence-corrected chi connectivity index (χ0v) is 10.7. The van der Waals surface area contributed by atoms with Crippen LogP contribution in [0.3, 0.4) is 0 Å². The lowest BCUT2D eigenvalue weighted by Gasteiger charge is -2.36. The fourth-order valence-electron chi connectivity index (χ4n) is 2.91. The van der Waals surface area contributed by atoms with Crippen LogP contribution in [0.15, 0.2) is 0 Å². The van der Waals surface area contributed by atoms with Crippen LogP contribution in [0.2, 0.25) is 0 Å². The largest absolute Gasteiger partial charge is 0.419 e. The molecule has 7 heteroatoms. The molecule has 1 atom stereocenters. The summed E-state index contributed by atoms with van der Waals surface area (Å²) in [6.07, 6.45) is -1.54. The molecule has 1 saturated heterocycles. The first-order chi connectivity index (χ1) is 8.68. The van der Waals surface area contributed by atoms with E-state index >= 15 is 0 Å². The maximum Gasteiger partial charge on any atom is 0.419 e. The summed E-state index contributed by atoms with van der Waals surface area (Å²) < 4.78 is 38.1. The third-order valence-corrected chi connectivity index (χ3v) is 4.23. The van der Waals surface area contributed by atoms with Gasteiger partial charge in [0.25, 0.3) is 0 Å². The van der Waals surface area contributed by atoms with Gasteiger partial charge >= 0.3 is 6.18 Å². The molecule has 0 unspecified atom stereocenters. The van der Waals surface area contributed by atoms with Crippen molar-refractivity contribution >= 4 is 5.91 Å². The highest BCUT2D eigenvalue weighted by Crippen LogP contribution is 2.39. The van der Waals surface area contributed by atoms with Gasteiger partial charge in [-0.25, -0.2) is 0 Å². The molecule has 1 aliphatic heterocycles. The van der Waals surface area contributed by atoms with Gasteiger partial charge in [-0.2, -0.15) is 13.2 Å². The molecule has 0 aromatic heterocycles. The van der Waals surface area contributed by atoms with Crippen LogP contribution in [0, 0.1) is 0 Å². The van der Waals surface area contributed by atoms with E-state index in [0.717, 1.165) is 24.2 Å². The Morgan fingerprint density at radius 3 is 2.21 bits per heavy atom. The van der Waals surface area contributed by atoms with E-state index in [1.54, 1.807) is 0 Å². The molecule has 2 aliphatic rings. The number of alkyl halides is 3. The monoisotopic (exact) mass is 280 g/mol. The second kappa shape index (κ2) is 4.63. The molecule has 1 amide bonds. The molecule has 3 N–H and O–H groups in total. The van der Waals surface area contributed by atoms with Gasteiger partial charge in [-0.15, -0.1) is 0 Å². The number of halogens is 3. The minimum Gasteiger partial charge on any atom is -0.379 e. The molecule has 1 aliphatic carbocycles. The molecular weight excluding hydrogens is 261 g/mol. The Hall–Kier alpha value is -0.820. The Labute approximate surface area is 109 Å². The van der Waals surface area contributed by atoms with Crippen LogP contribution in [-0.2, 0) is 4.79 Å². The number of rotatable bonds is 1. The Balaban J connectivity index is 2.06. The minimum absolute atomic E-state index is 0.0895. The Morgan fingerprint density at radius 1 is 1.16 bits per heavy atom. The van der Waals surface area contributed by atoms with Crippen molar-refractivity contribution in [3.63, 3.8) is 0 Å². The van der Waals surface area contributed by atoms with Crippen LogP contribution in [0.5, 0.6) is 0 Å². The lowest BCUT2D eigenvalue weighted by atomic mass is 9.81. The number of aliphatic hydroxyl groups is 1. The van der Waals surface area contributed by atoms with E-state index in [9.17, 15) is 23.1 Å². The van der Waals surface area contributed by atoms with Crippen molar-refractivity contribution in [2.24, 2.45) is 5.73 Å². The van der Waals surface area contributed by atoms with Gasteiger partial charge in [0.05, 0.1) is 12.1 Å². The summed E-state index contributed by atoms with van der Waals surface area (Å²) in [6, 6.07) is 0. The molecule has 0 bridgehead atoms. The van der Waals surface area contributed by atoms with Gasteiger partial charge < -0.3 is 15.7 Å². The highest BCUT2D eigenvalue weighted by molar-refractivity contribution is 5.86. The Bertz CT molecular complexity index is 366. The van der Waals surface area contributed by atoms with Gasteiger partial charge in [-0.3, -0.25) is 4.79 Å². The van der Waals surface area contributed by atoms with Crippen LogP contribution in [-0.4, -0.2) is 46.3 Å². The standard InChI is InChI=1S/C12H19F3N2O2/c13-12(14,15)11(19)6-7-17(8-11)9(18)10(16)4-2-1-3-5-10/h19H,1-8,16H2/t11-/m0/s1. The second-order valence-electron chi connectivity index (χ2n) is 5.72. The van der Waals surface area contributed by atoms with Crippen molar-refractivity contribution < 1.29 is 23.1 Å². The number of hydrogen-bond acceptors (Lipinski definition) is 3. The molecule has 2 fully saturated rings. The van der Waals surface area contributed by atoms with E-state index < -0.39 is 36.2 Å². The number of likely N-dealkylation sites (tertiary alicyclic amines) is 1. The van der Waals surface area contributed by atoms with Crippen molar-refractivity contribution in [3.05, 3.63) is 0 Å². The second-order valence-corrected chi connectivity index (χ2v) is 5.72. The summed E-state index contributed by atoms with van der Waals surface area (Å²) in [6.45, 7) is -0.790. The maximum absolute atomic E-state index is 12.7. The van der Waals surface area contributed by atoms with E-state index in [0.29, 0.717) is 12.8 Å². The lowest BCUT2D eigenvalue weighted by Crippen LogP contribution is -2.57. The number of amides is 1. The Morgan fingerprint density at radius 2 is 1.74 bits per heavy atom. The van der Waals surface area contributed by atoms with Crippen molar-refractivity contribution in [2.45, 2.75) is 55.8 Å². The van der Waals surface area contributed by atoms with Crippen molar-refractivity contribution in [2.75, 3.05) is 13.1 Å². The first-order valence-electron chi connectivity index (χ1n) is 6.55. The molecule has 19 heavy (non-hydrogen) atoms. The highest BCUT2D eigenvalue weighted by atomic mass is 19.4. The van der Waals surface area contributed by atoms with E-state index in [1.165, 1.54) is 0 Å². The van der Waals surface area contributed by atoms with Gasteiger partial charge in [0.2, 0.25) is 5.91 Å². The summed E-state index contributed by atoms with van der Waals surface area (Å²) in [4.78, 5) is 13.3. The maximum atomic E-state index is 12.7. The first kappa shape index (κ1) is 14.6. The number of β-amino-alcohol motifs (C(OH)–C–C–N with tert-alkyl or cyclic N) is 1. The van der Waals surface area contributed by atoms with Gasteiger partial charge in [-0.1, -0.05) is 19.3 Å². The van der Waals surface area contributed by atoms with Crippen LogP contribution < -0.4 is 5.73 Å². The summed E-state index contributed by atoms with van der Waals surface area (Å²) in [5.41, 5.74) is 2.20. The number of carbonyl (C=O) groups is 1. The van der Waals surface area contributed by atoms with E-state index in [-0.39, 0.29) is 6.54 Å². The summed E-state index contributed by atoms with van der Waals surface area (Å²) in [5, 5.41) is 9.57. The third-order valence-electron chi connectivity index (χ3n) is 4.23. The lowest BCUT2D eigenvalue weighted by molar-refractivity contribution is -0.253. The van der Waals surface area contributed by atoms with Crippen LogP contribution in [0.25, 0.3) is 0 Å². The molecule has 110 valence electrons. The molecule has 0 spiro atoms. The SMILES string of the molecule is NC1(C(=O)N2CC[C@@](O)(C(F)(F)F)C2)CCCCC1. The molecule has 0 radical (unpaired) electrons. The predicted molar refractivity (Wildman–Crippen MR) is 62.2 cm³/mol. The topological polar surface area (TPSA) is 66.6 Å². The first-order valence-corrected chi connectivity index (χ1v) is 6.55. The van der Waals surface area contributed by atoms with Crippen molar-refractivity contribution in [3.8, 4) is 0 Å². The fraction of sp³-hybridized carbons (Fsp3) is 0.917. The zero-order chi connectivity index (χ0) is 14.3. The van der Waals surface area contributed by atoms with Gasteiger partial charge in [-0.05, 0) is 12.8 Å². The van der Waals surface area contributed by atoms with Crippen LogP contribution in [0.4, 0.5) is 13.2 Å². The Kier molecular flexibility index (Phi) is 3.55. The third kappa shape index (κ3) is 2.58.